The molecular weight excluding hydrogens is 459 g/mol. The quantitative estimate of drug-likeness (QED) is 0.182. The molecule has 196 valence electrons. The SMILES string of the molecule is C=C[C@H]1CC[C@H](C(OC)c2ccc(-c3ccc(-c4ccc(COCCCCC)cc4F)cc3)cc2)CC1. The molecule has 3 heteroatoms. The molecule has 1 fully saturated rings. The highest BCUT2D eigenvalue weighted by Gasteiger charge is 2.27. The third-order valence-corrected chi connectivity index (χ3v) is 7.79. The van der Waals surface area contributed by atoms with Gasteiger partial charge in [-0.2, -0.15) is 0 Å². The van der Waals surface area contributed by atoms with Gasteiger partial charge in [-0.15, -0.1) is 6.58 Å². The van der Waals surface area contributed by atoms with E-state index in [4.69, 9.17) is 9.47 Å². The second-order valence-corrected chi connectivity index (χ2v) is 10.3. The number of methoxy groups -OCH3 is 1. The van der Waals surface area contributed by atoms with Crippen molar-refractivity contribution in [3.05, 3.63) is 96.3 Å². The molecule has 2 nitrogen and oxygen atoms in total. The standard InChI is InChI=1S/C34H41FO2/c1-4-6-7-22-37-24-26-10-21-32(33(35)23-26)29-17-13-27(14-18-29)28-15-19-31(20-16-28)34(36-3)30-11-8-25(5-2)9-12-30/h5,10,13-21,23,25,30,34H,2,4,6-9,11-12,22,24H2,1,3H3/t25-,30-,34?. The van der Waals surface area contributed by atoms with Gasteiger partial charge < -0.3 is 9.47 Å². The Labute approximate surface area is 222 Å². The maximum Gasteiger partial charge on any atom is 0.131 e. The van der Waals surface area contributed by atoms with Crippen LogP contribution in [0.25, 0.3) is 22.3 Å². The first-order valence-electron chi connectivity index (χ1n) is 13.8. The fourth-order valence-corrected chi connectivity index (χ4v) is 5.52. The molecule has 1 saturated carbocycles. The summed E-state index contributed by atoms with van der Waals surface area (Å²) in [7, 11) is 1.82. The molecule has 0 saturated heterocycles. The van der Waals surface area contributed by atoms with Crippen LogP contribution in [0.15, 0.2) is 79.4 Å². The normalized spacial score (nSPS) is 18.5. The van der Waals surface area contributed by atoms with E-state index in [1.165, 1.54) is 44.1 Å². The van der Waals surface area contributed by atoms with Crippen LogP contribution in [-0.4, -0.2) is 13.7 Å². The second kappa shape index (κ2) is 13.7. The van der Waals surface area contributed by atoms with Gasteiger partial charge in [-0.1, -0.05) is 86.5 Å². The molecule has 1 atom stereocenters. The van der Waals surface area contributed by atoms with E-state index >= 15 is 0 Å². The highest BCUT2D eigenvalue weighted by molar-refractivity contribution is 5.71. The summed E-state index contributed by atoms with van der Waals surface area (Å²) >= 11 is 0. The van der Waals surface area contributed by atoms with Crippen LogP contribution in [0.1, 0.15) is 69.1 Å². The molecule has 0 spiro atoms. The zero-order valence-electron chi connectivity index (χ0n) is 22.4. The number of unbranched alkanes of at least 4 members (excludes halogenated alkanes) is 2. The van der Waals surface area contributed by atoms with Gasteiger partial charge in [-0.25, -0.2) is 4.39 Å². The number of benzene rings is 3. The molecule has 37 heavy (non-hydrogen) atoms. The van der Waals surface area contributed by atoms with Crippen molar-refractivity contribution in [2.24, 2.45) is 11.8 Å². The Kier molecular flexibility index (Phi) is 10.1. The van der Waals surface area contributed by atoms with Crippen LogP contribution in [0.5, 0.6) is 0 Å². The zero-order chi connectivity index (χ0) is 26.0. The maximum atomic E-state index is 14.9. The first-order chi connectivity index (χ1) is 18.1. The lowest BCUT2D eigenvalue weighted by atomic mass is 9.77. The van der Waals surface area contributed by atoms with Gasteiger partial charge in [-0.3, -0.25) is 0 Å². The molecule has 0 bridgehead atoms. The van der Waals surface area contributed by atoms with Gasteiger partial charge in [0.1, 0.15) is 5.82 Å². The lowest BCUT2D eigenvalue weighted by Crippen LogP contribution is -2.21. The number of allylic oxidation sites excluding steroid dienone is 1. The van der Waals surface area contributed by atoms with Gasteiger partial charge in [0.15, 0.2) is 0 Å². The monoisotopic (exact) mass is 500 g/mol. The van der Waals surface area contributed by atoms with Gasteiger partial charge in [-0.05, 0) is 77.8 Å². The summed E-state index contributed by atoms with van der Waals surface area (Å²) in [6, 6.07) is 22.3. The summed E-state index contributed by atoms with van der Waals surface area (Å²) in [5, 5.41) is 0. The van der Waals surface area contributed by atoms with Crippen molar-refractivity contribution in [3.63, 3.8) is 0 Å². The van der Waals surface area contributed by atoms with E-state index in [1.54, 1.807) is 6.07 Å². The molecule has 0 radical (unpaired) electrons. The summed E-state index contributed by atoms with van der Waals surface area (Å²) < 4.78 is 26.5. The molecule has 0 aromatic heterocycles. The van der Waals surface area contributed by atoms with Crippen molar-refractivity contribution in [1.82, 2.24) is 0 Å². The number of hydrogen-bond acceptors (Lipinski definition) is 2. The number of hydrogen-bond donors (Lipinski definition) is 0. The van der Waals surface area contributed by atoms with Crippen LogP contribution in [0.3, 0.4) is 0 Å². The Morgan fingerprint density at radius 1 is 0.892 bits per heavy atom. The molecule has 1 aliphatic rings. The van der Waals surface area contributed by atoms with Crippen LogP contribution in [-0.2, 0) is 16.1 Å². The van der Waals surface area contributed by atoms with Gasteiger partial charge in [0.25, 0.3) is 0 Å². The summed E-state index contributed by atoms with van der Waals surface area (Å²) in [6.45, 7) is 7.31. The topological polar surface area (TPSA) is 18.5 Å². The Bertz CT molecular complexity index is 1110. The molecule has 0 heterocycles. The zero-order valence-corrected chi connectivity index (χ0v) is 22.4. The minimum absolute atomic E-state index is 0.134. The van der Waals surface area contributed by atoms with Crippen LogP contribution >= 0.6 is 0 Å². The van der Waals surface area contributed by atoms with E-state index in [-0.39, 0.29) is 11.9 Å². The van der Waals surface area contributed by atoms with E-state index in [1.807, 2.05) is 31.4 Å². The average Bonchev–Trinajstić information content (AvgIpc) is 2.94. The summed E-state index contributed by atoms with van der Waals surface area (Å²) in [6.07, 6.45) is 10.4. The van der Waals surface area contributed by atoms with Crippen molar-refractivity contribution in [1.29, 1.82) is 0 Å². The fourth-order valence-electron chi connectivity index (χ4n) is 5.52. The highest BCUT2D eigenvalue weighted by Crippen LogP contribution is 2.39. The van der Waals surface area contributed by atoms with Crippen molar-refractivity contribution in [3.8, 4) is 22.3 Å². The average molecular weight is 501 g/mol. The van der Waals surface area contributed by atoms with Crippen molar-refractivity contribution in [2.45, 2.75) is 64.6 Å². The molecule has 4 rings (SSSR count). The predicted molar refractivity (Wildman–Crippen MR) is 152 cm³/mol. The van der Waals surface area contributed by atoms with Gasteiger partial charge in [0.2, 0.25) is 0 Å². The Balaban J connectivity index is 1.39. The summed E-state index contributed by atoms with van der Waals surface area (Å²) in [5.74, 6) is 1.000. The Morgan fingerprint density at radius 2 is 1.54 bits per heavy atom. The first-order valence-corrected chi connectivity index (χ1v) is 13.8. The summed E-state index contributed by atoms with van der Waals surface area (Å²) in [4.78, 5) is 0. The lowest BCUT2D eigenvalue weighted by Gasteiger charge is -2.32. The number of ether oxygens (including phenoxy) is 2. The van der Waals surface area contributed by atoms with Gasteiger partial charge >= 0.3 is 0 Å². The van der Waals surface area contributed by atoms with Crippen LogP contribution in [0, 0.1) is 17.7 Å². The maximum absolute atomic E-state index is 14.9. The molecule has 0 aliphatic heterocycles. The molecule has 3 aromatic carbocycles. The van der Waals surface area contributed by atoms with Crippen LogP contribution < -0.4 is 0 Å². The molecule has 0 N–H and O–H groups in total. The van der Waals surface area contributed by atoms with Crippen molar-refractivity contribution in [2.75, 3.05) is 13.7 Å². The molecular formula is C34H41FO2. The minimum Gasteiger partial charge on any atom is -0.377 e. The highest BCUT2D eigenvalue weighted by atomic mass is 19.1. The largest absolute Gasteiger partial charge is 0.377 e. The third-order valence-electron chi connectivity index (χ3n) is 7.79. The third kappa shape index (κ3) is 7.18. The lowest BCUT2D eigenvalue weighted by molar-refractivity contribution is 0.0313. The van der Waals surface area contributed by atoms with Gasteiger partial charge in [0, 0.05) is 19.3 Å². The molecule has 3 aromatic rings. The Morgan fingerprint density at radius 3 is 2.14 bits per heavy atom. The molecule has 0 amide bonds. The number of rotatable bonds is 12. The molecule has 1 unspecified atom stereocenters. The first kappa shape index (κ1) is 27.3. The minimum atomic E-state index is -0.209. The van der Waals surface area contributed by atoms with E-state index in [0.717, 1.165) is 35.3 Å². The van der Waals surface area contributed by atoms with Crippen molar-refractivity contribution < 1.29 is 13.9 Å². The van der Waals surface area contributed by atoms with Crippen LogP contribution in [0.2, 0.25) is 0 Å². The fraction of sp³-hybridized carbons (Fsp3) is 0.412. The second-order valence-electron chi connectivity index (χ2n) is 10.3. The molecule has 1 aliphatic carbocycles. The van der Waals surface area contributed by atoms with Crippen molar-refractivity contribution >= 4 is 0 Å². The van der Waals surface area contributed by atoms with E-state index in [9.17, 15) is 4.39 Å². The summed E-state index contributed by atoms with van der Waals surface area (Å²) in [5.41, 5.74) is 5.87. The number of halogens is 1. The van der Waals surface area contributed by atoms with Gasteiger partial charge in [0.05, 0.1) is 12.7 Å². The van der Waals surface area contributed by atoms with Crippen LogP contribution in [0.4, 0.5) is 4.39 Å². The Hall–Kier alpha value is -2.75. The smallest absolute Gasteiger partial charge is 0.131 e. The van der Waals surface area contributed by atoms with E-state index in [0.29, 0.717) is 24.0 Å². The van der Waals surface area contributed by atoms with E-state index < -0.39 is 0 Å². The predicted octanol–water partition coefficient (Wildman–Crippen LogP) is 9.55. The van der Waals surface area contributed by atoms with E-state index in [2.05, 4.69) is 56.0 Å².